The molecule has 0 radical (unpaired) electrons. The highest BCUT2D eigenvalue weighted by atomic mass is 35.5. The Kier molecular flexibility index (Phi) is 5.16. The van der Waals surface area contributed by atoms with E-state index >= 15 is 0 Å². The Hall–Kier alpha value is -1.13. The second-order valence-electron chi connectivity index (χ2n) is 4.98. The van der Waals surface area contributed by atoms with Gasteiger partial charge in [-0.2, -0.15) is 0 Å². The van der Waals surface area contributed by atoms with Gasteiger partial charge in [0.05, 0.1) is 0 Å². The number of rotatable bonds is 4. The summed E-state index contributed by atoms with van der Waals surface area (Å²) in [4.78, 5) is 18.3. The third-order valence-corrected chi connectivity index (χ3v) is 3.80. The number of hydrogen-bond donors (Lipinski definition) is 1. The minimum absolute atomic E-state index is 0.0714. The number of carbonyl (C=O) groups excluding carboxylic acids is 1. The highest BCUT2D eigenvalue weighted by Crippen LogP contribution is 2.15. The summed E-state index contributed by atoms with van der Waals surface area (Å²) in [6.07, 6.45) is 3.96. The van der Waals surface area contributed by atoms with E-state index < -0.39 is 0 Å². The first-order chi connectivity index (χ1) is 9.19. The van der Waals surface area contributed by atoms with Gasteiger partial charge in [0.1, 0.15) is 5.15 Å². The minimum Gasteiger partial charge on any atom is -0.352 e. The minimum atomic E-state index is -0.0714. The van der Waals surface area contributed by atoms with Crippen molar-refractivity contribution in [3.63, 3.8) is 0 Å². The van der Waals surface area contributed by atoms with Crippen LogP contribution in [0.3, 0.4) is 0 Å². The molecule has 0 aliphatic carbocycles. The Morgan fingerprint density at radius 2 is 2.47 bits per heavy atom. The summed E-state index contributed by atoms with van der Waals surface area (Å²) >= 11 is 5.78. The molecule has 1 saturated heterocycles. The average molecular weight is 282 g/mol. The fraction of sp³-hybridized carbons (Fsp3) is 0.571. The molecule has 1 aliphatic heterocycles. The molecule has 0 unspecified atom stereocenters. The van der Waals surface area contributed by atoms with Gasteiger partial charge in [0.25, 0.3) is 5.91 Å². The van der Waals surface area contributed by atoms with Crippen molar-refractivity contribution in [1.82, 2.24) is 15.2 Å². The van der Waals surface area contributed by atoms with Crippen LogP contribution in [-0.4, -0.2) is 42.0 Å². The van der Waals surface area contributed by atoms with E-state index in [1.165, 1.54) is 19.4 Å². The van der Waals surface area contributed by atoms with Crippen molar-refractivity contribution in [3.05, 3.63) is 29.0 Å². The molecule has 0 spiro atoms. The summed E-state index contributed by atoms with van der Waals surface area (Å²) in [5.41, 5.74) is 0.572. The zero-order chi connectivity index (χ0) is 13.7. The summed E-state index contributed by atoms with van der Waals surface area (Å²) in [6, 6.07) is 3.27. The van der Waals surface area contributed by atoms with Crippen LogP contribution in [0.5, 0.6) is 0 Å². The van der Waals surface area contributed by atoms with Crippen molar-refractivity contribution in [3.8, 4) is 0 Å². The molecule has 4 nitrogen and oxygen atoms in total. The summed E-state index contributed by atoms with van der Waals surface area (Å²) in [6.45, 7) is 6.26. The molecule has 2 heterocycles. The zero-order valence-corrected chi connectivity index (χ0v) is 12.0. The number of likely N-dealkylation sites (tertiary alicyclic amines) is 1. The molecule has 104 valence electrons. The molecule has 0 bridgehead atoms. The van der Waals surface area contributed by atoms with Crippen molar-refractivity contribution in [2.75, 3.05) is 26.2 Å². The smallest absolute Gasteiger partial charge is 0.251 e. The van der Waals surface area contributed by atoms with E-state index in [9.17, 15) is 4.79 Å². The van der Waals surface area contributed by atoms with Crippen molar-refractivity contribution < 1.29 is 4.79 Å². The standard InChI is InChI=1S/C14H20ClN3O/c1-2-18-7-3-4-11(10-18)9-17-14(19)12-5-6-16-13(15)8-12/h5-6,8,11H,2-4,7,9-10H2,1H3,(H,17,19)/t11-/m1/s1. The Morgan fingerprint density at radius 3 is 3.21 bits per heavy atom. The average Bonchev–Trinajstić information content (AvgIpc) is 2.45. The lowest BCUT2D eigenvalue weighted by Gasteiger charge is -2.31. The van der Waals surface area contributed by atoms with E-state index in [0.29, 0.717) is 16.6 Å². The molecule has 5 heteroatoms. The zero-order valence-electron chi connectivity index (χ0n) is 11.2. The molecular weight excluding hydrogens is 262 g/mol. The predicted molar refractivity (Wildman–Crippen MR) is 76.4 cm³/mol. The van der Waals surface area contributed by atoms with Crippen LogP contribution in [0.1, 0.15) is 30.1 Å². The Bertz CT molecular complexity index is 438. The van der Waals surface area contributed by atoms with Gasteiger partial charge in [0.15, 0.2) is 0 Å². The summed E-state index contributed by atoms with van der Waals surface area (Å²) < 4.78 is 0. The van der Waals surface area contributed by atoms with Crippen LogP contribution >= 0.6 is 11.6 Å². The lowest BCUT2D eigenvalue weighted by atomic mass is 9.98. The van der Waals surface area contributed by atoms with Crippen molar-refractivity contribution in [2.45, 2.75) is 19.8 Å². The summed E-state index contributed by atoms with van der Waals surface area (Å²) in [5, 5.41) is 3.34. The highest BCUT2D eigenvalue weighted by molar-refractivity contribution is 6.29. The molecule has 0 saturated carbocycles. The largest absolute Gasteiger partial charge is 0.352 e. The number of nitrogens with zero attached hydrogens (tertiary/aromatic N) is 2. The molecule has 19 heavy (non-hydrogen) atoms. The maximum Gasteiger partial charge on any atom is 0.251 e. The number of carbonyl (C=O) groups is 1. The number of aromatic nitrogens is 1. The van der Waals surface area contributed by atoms with E-state index in [4.69, 9.17) is 11.6 Å². The van der Waals surface area contributed by atoms with Crippen LogP contribution in [0.25, 0.3) is 0 Å². The Balaban J connectivity index is 1.83. The number of piperidine rings is 1. The van der Waals surface area contributed by atoms with Crippen LogP contribution in [0.2, 0.25) is 5.15 Å². The molecule has 1 aromatic rings. The molecule has 1 aliphatic rings. The quantitative estimate of drug-likeness (QED) is 0.861. The first-order valence-corrected chi connectivity index (χ1v) is 7.19. The first kappa shape index (κ1) is 14.3. The fourth-order valence-corrected chi connectivity index (χ4v) is 2.66. The van der Waals surface area contributed by atoms with E-state index in [-0.39, 0.29) is 5.91 Å². The van der Waals surface area contributed by atoms with Crippen molar-refractivity contribution >= 4 is 17.5 Å². The molecule has 1 fully saturated rings. The summed E-state index contributed by atoms with van der Waals surface area (Å²) in [5.74, 6) is 0.480. The van der Waals surface area contributed by atoms with Gasteiger partial charge >= 0.3 is 0 Å². The van der Waals surface area contributed by atoms with Crippen LogP contribution in [0.4, 0.5) is 0 Å². The van der Waals surface area contributed by atoms with Gasteiger partial charge in [-0.15, -0.1) is 0 Å². The van der Waals surface area contributed by atoms with E-state index in [1.807, 2.05) is 0 Å². The monoisotopic (exact) mass is 281 g/mol. The lowest BCUT2D eigenvalue weighted by Crippen LogP contribution is -2.40. The Labute approximate surface area is 119 Å². The van der Waals surface area contributed by atoms with Gasteiger partial charge in [-0.25, -0.2) is 4.98 Å². The van der Waals surface area contributed by atoms with E-state index in [1.54, 1.807) is 18.3 Å². The molecule has 0 aromatic carbocycles. The third kappa shape index (κ3) is 4.18. The molecular formula is C14H20ClN3O. The van der Waals surface area contributed by atoms with Gasteiger partial charge in [-0.3, -0.25) is 4.79 Å². The molecule has 1 atom stereocenters. The number of pyridine rings is 1. The molecule has 1 aromatic heterocycles. The van der Waals surface area contributed by atoms with Crippen LogP contribution < -0.4 is 5.32 Å². The topological polar surface area (TPSA) is 45.2 Å². The second kappa shape index (κ2) is 6.87. The number of nitrogens with one attached hydrogen (secondary N) is 1. The van der Waals surface area contributed by atoms with Crippen LogP contribution in [-0.2, 0) is 0 Å². The molecule has 1 amide bonds. The third-order valence-electron chi connectivity index (χ3n) is 3.59. The van der Waals surface area contributed by atoms with Gasteiger partial charge in [0.2, 0.25) is 0 Å². The predicted octanol–water partition coefficient (Wildman–Crippen LogP) is 2.20. The van der Waals surface area contributed by atoms with E-state index in [2.05, 4.69) is 22.1 Å². The lowest BCUT2D eigenvalue weighted by molar-refractivity contribution is 0.0933. The maximum absolute atomic E-state index is 12.0. The second-order valence-corrected chi connectivity index (χ2v) is 5.37. The van der Waals surface area contributed by atoms with Crippen LogP contribution in [0.15, 0.2) is 18.3 Å². The van der Waals surface area contributed by atoms with Gasteiger partial charge in [-0.05, 0) is 44.0 Å². The van der Waals surface area contributed by atoms with Gasteiger partial charge < -0.3 is 10.2 Å². The van der Waals surface area contributed by atoms with E-state index in [0.717, 1.165) is 19.6 Å². The first-order valence-electron chi connectivity index (χ1n) is 6.81. The summed E-state index contributed by atoms with van der Waals surface area (Å²) in [7, 11) is 0. The van der Waals surface area contributed by atoms with Crippen molar-refractivity contribution in [2.24, 2.45) is 5.92 Å². The van der Waals surface area contributed by atoms with Gasteiger partial charge in [0, 0.05) is 24.8 Å². The van der Waals surface area contributed by atoms with Crippen LogP contribution in [0, 0.1) is 5.92 Å². The number of amides is 1. The number of halogens is 1. The highest BCUT2D eigenvalue weighted by Gasteiger charge is 2.19. The number of hydrogen-bond acceptors (Lipinski definition) is 3. The molecule has 1 N–H and O–H groups in total. The van der Waals surface area contributed by atoms with Crippen molar-refractivity contribution in [1.29, 1.82) is 0 Å². The van der Waals surface area contributed by atoms with Gasteiger partial charge in [-0.1, -0.05) is 18.5 Å². The molecule has 2 rings (SSSR count). The normalized spacial score (nSPS) is 20.2. The SMILES string of the molecule is CCN1CCC[C@H](CNC(=O)c2ccnc(Cl)c2)C1. The Morgan fingerprint density at radius 1 is 1.63 bits per heavy atom. The maximum atomic E-state index is 12.0. The fourth-order valence-electron chi connectivity index (χ4n) is 2.49.